The average Bonchev–Trinajstić information content (AvgIpc) is 2.82. The number of nitrogens with zero attached hydrogens (tertiary/aromatic N) is 2. The summed E-state index contributed by atoms with van der Waals surface area (Å²) in [5.41, 5.74) is -0.642. The van der Waals surface area contributed by atoms with Gasteiger partial charge in [0.2, 0.25) is 5.91 Å². The van der Waals surface area contributed by atoms with Gasteiger partial charge in [-0.05, 0) is 32.2 Å². The first kappa shape index (κ1) is 16.3. The lowest BCUT2D eigenvalue weighted by molar-refractivity contribution is -0.148. The van der Waals surface area contributed by atoms with E-state index >= 15 is 0 Å². The minimum absolute atomic E-state index is 0.175. The molecule has 0 bridgehead atoms. The molecular formula is C16H28N2O3. The second-order valence-electron chi connectivity index (χ2n) is 6.55. The molecule has 120 valence electrons. The van der Waals surface area contributed by atoms with Crippen LogP contribution >= 0.6 is 0 Å². The number of rotatable bonds is 4. The van der Waals surface area contributed by atoms with E-state index in [0.29, 0.717) is 25.9 Å². The molecule has 0 aromatic rings. The van der Waals surface area contributed by atoms with Crippen LogP contribution in [0, 0.1) is 5.41 Å². The Balaban J connectivity index is 1.86. The molecular weight excluding hydrogens is 268 g/mol. The molecule has 0 aromatic carbocycles. The molecule has 1 N–H and O–H groups in total. The van der Waals surface area contributed by atoms with Crippen molar-refractivity contribution in [2.45, 2.75) is 51.9 Å². The predicted molar refractivity (Wildman–Crippen MR) is 81.1 cm³/mol. The summed E-state index contributed by atoms with van der Waals surface area (Å²) in [5, 5.41) is 9.41. The van der Waals surface area contributed by atoms with Crippen LogP contribution in [0.1, 0.15) is 51.9 Å². The molecule has 0 aromatic heterocycles. The third kappa shape index (κ3) is 3.96. The van der Waals surface area contributed by atoms with Crippen LogP contribution in [0.3, 0.4) is 0 Å². The van der Waals surface area contributed by atoms with E-state index in [-0.39, 0.29) is 5.91 Å². The number of carbonyl (C=O) groups excluding carboxylic acids is 1. The Morgan fingerprint density at radius 1 is 1.05 bits per heavy atom. The smallest absolute Gasteiger partial charge is 0.310 e. The summed E-state index contributed by atoms with van der Waals surface area (Å²) in [5.74, 6) is -0.541. The van der Waals surface area contributed by atoms with Gasteiger partial charge in [0.05, 0.1) is 12.0 Å². The second kappa shape index (κ2) is 7.25. The average molecular weight is 296 g/mol. The minimum atomic E-state index is -0.716. The van der Waals surface area contributed by atoms with Crippen LogP contribution in [0.5, 0.6) is 0 Å². The number of likely N-dealkylation sites (tertiary alicyclic amines) is 2. The van der Waals surface area contributed by atoms with E-state index in [1.54, 1.807) is 0 Å². The molecule has 0 saturated carbocycles. The van der Waals surface area contributed by atoms with Gasteiger partial charge in [-0.2, -0.15) is 0 Å². The first-order valence-electron chi connectivity index (χ1n) is 8.31. The van der Waals surface area contributed by atoms with Gasteiger partial charge in [-0.1, -0.05) is 26.2 Å². The zero-order chi connectivity index (χ0) is 15.3. The van der Waals surface area contributed by atoms with E-state index in [1.807, 2.05) is 16.7 Å². The molecule has 5 nitrogen and oxygen atoms in total. The number of hydrogen-bond donors (Lipinski definition) is 1. The highest BCUT2D eigenvalue weighted by atomic mass is 16.4. The molecule has 2 aliphatic rings. The highest BCUT2D eigenvalue weighted by Gasteiger charge is 2.43. The highest BCUT2D eigenvalue weighted by Crippen LogP contribution is 2.34. The van der Waals surface area contributed by atoms with Crippen LogP contribution in [0.25, 0.3) is 0 Å². The van der Waals surface area contributed by atoms with Gasteiger partial charge in [0.25, 0.3) is 0 Å². The maximum absolute atomic E-state index is 12.4. The van der Waals surface area contributed by atoms with E-state index in [0.717, 1.165) is 32.5 Å². The van der Waals surface area contributed by atoms with E-state index in [2.05, 4.69) is 0 Å². The Hall–Kier alpha value is -1.10. The highest BCUT2D eigenvalue weighted by molar-refractivity contribution is 5.79. The fourth-order valence-electron chi connectivity index (χ4n) is 3.50. The van der Waals surface area contributed by atoms with E-state index in [1.165, 1.54) is 19.3 Å². The summed E-state index contributed by atoms with van der Waals surface area (Å²) in [6.45, 7) is 5.28. The molecule has 0 spiro atoms. The molecule has 2 heterocycles. The Bertz CT molecular complexity index is 378. The molecule has 1 atom stereocenters. The van der Waals surface area contributed by atoms with Crippen molar-refractivity contribution in [3.8, 4) is 0 Å². The van der Waals surface area contributed by atoms with E-state index in [4.69, 9.17) is 0 Å². The van der Waals surface area contributed by atoms with Crippen LogP contribution in [0.15, 0.2) is 0 Å². The molecule has 0 radical (unpaired) electrons. The van der Waals surface area contributed by atoms with Crippen LogP contribution in [-0.4, -0.2) is 59.5 Å². The van der Waals surface area contributed by atoms with Crippen molar-refractivity contribution in [2.24, 2.45) is 5.41 Å². The monoisotopic (exact) mass is 296 g/mol. The van der Waals surface area contributed by atoms with Gasteiger partial charge >= 0.3 is 5.97 Å². The fourth-order valence-corrected chi connectivity index (χ4v) is 3.50. The predicted octanol–water partition coefficient (Wildman–Crippen LogP) is 1.97. The lowest BCUT2D eigenvalue weighted by Gasteiger charge is -2.28. The largest absolute Gasteiger partial charge is 0.481 e. The number of carboxylic acids is 1. The molecule has 2 aliphatic heterocycles. The molecule has 2 saturated heterocycles. The Labute approximate surface area is 127 Å². The van der Waals surface area contributed by atoms with Crippen molar-refractivity contribution >= 4 is 11.9 Å². The molecule has 2 fully saturated rings. The normalized spacial score (nSPS) is 28.1. The minimum Gasteiger partial charge on any atom is -0.481 e. The summed E-state index contributed by atoms with van der Waals surface area (Å²) >= 11 is 0. The van der Waals surface area contributed by atoms with Crippen molar-refractivity contribution in [1.29, 1.82) is 0 Å². The Morgan fingerprint density at radius 3 is 2.19 bits per heavy atom. The van der Waals surface area contributed by atoms with Crippen LogP contribution in [-0.2, 0) is 9.59 Å². The fraction of sp³-hybridized carbons (Fsp3) is 0.875. The van der Waals surface area contributed by atoms with Gasteiger partial charge in [-0.15, -0.1) is 0 Å². The molecule has 5 heteroatoms. The molecule has 1 amide bonds. The van der Waals surface area contributed by atoms with Crippen molar-refractivity contribution in [3.05, 3.63) is 0 Å². The van der Waals surface area contributed by atoms with Crippen LogP contribution in [0.4, 0.5) is 0 Å². The number of amides is 1. The third-order valence-corrected chi connectivity index (χ3v) is 5.13. The number of aliphatic carboxylic acids is 1. The lowest BCUT2D eigenvalue weighted by atomic mass is 9.84. The number of carbonyl (C=O) groups is 2. The zero-order valence-electron chi connectivity index (χ0n) is 13.1. The standard InChI is InChI=1S/C16H28N2O3/c1-2-16(15(20)21)8-11-17(13-16)12-14(19)18-9-6-4-3-5-7-10-18/h2-13H2,1H3,(H,20,21). The van der Waals surface area contributed by atoms with Gasteiger partial charge in [-0.25, -0.2) is 0 Å². The maximum Gasteiger partial charge on any atom is 0.310 e. The van der Waals surface area contributed by atoms with Crippen molar-refractivity contribution in [3.63, 3.8) is 0 Å². The first-order valence-corrected chi connectivity index (χ1v) is 8.31. The summed E-state index contributed by atoms with van der Waals surface area (Å²) in [6, 6.07) is 0. The third-order valence-electron chi connectivity index (χ3n) is 5.13. The summed E-state index contributed by atoms with van der Waals surface area (Å²) in [6.07, 6.45) is 7.20. The number of carboxylic acid groups (broad SMARTS) is 1. The zero-order valence-corrected chi connectivity index (χ0v) is 13.1. The van der Waals surface area contributed by atoms with E-state index in [9.17, 15) is 14.7 Å². The van der Waals surface area contributed by atoms with Crippen LogP contribution < -0.4 is 0 Å². The van der Waals surface area contributed by atoms with Gasteiger partial charge in [0.15, 0.2) is 0 Å². The van der Waals surface area contributed by atoms with Gasteiger partial charge < -0.3 is 10.0 Å². The van der Waals surface area contributed by atoms with E-state index < -0.39 is 11.4 Å². The summed E-state index contributed by atoms with van der Waals surface area (Å²) < 4.78 is 0. The SMILES string of the molecule is CCC1(C(=O)O)CCN(CC(=O)N2CCCCCCC2)C1. The molecule has 1 unspecified atom stereocenters. The second-order valence-corrected chi connectivity index (χ2v) is 6.55. The van der Waals surface area contributed by atoms with Gasteiger partial charge in [-0.3, -0.25) is 14.5 Å². The van der Waals surface area contributed by atoms with Crippen molar-refractivity contribution < 1.29 is 14.7 Å². The lowest BCUT2D eigenvalue weighted by Crippen LogP contribution is -2.42. The van der Waals surface area contributed by atoms with Crippen molar-refractivity contribution in [1.82, 2.24) is 9.80 Å². The van der Waals surface area contributed by atoms with Gasteiger partial charge in [0, 0.05) is 19.6 Å². The Kier molecular flexibility index (Phi) is 5.62. The summed E-state index contributed by atoms with van der Waals surface area (Å²) in [7, 11) is 0. The first-order chi connectivity index (χ1) is 10.1. The van der Waals surface area contributed by atoms with Gasteiger partial charge in [0.1, 0.15) is 0 Å². The topological polar surface area (TPSA) is 60.9 Å². The molecule has 2 rings (SSSR count). The summed E-state index contributed by atoms with van der Waals surface area (Å²) in [4.78, 5) is 27.9. The quantitative estimate of drug-likeness (QED) is 0.861. The Morgan fingerprint density at radius 2 is 1.67 bits per heavy atom. The van der Waals surface area contributed by atoms with Crippen molar-refractivity contribution in [2.75, 3.05) is 32.7 Å². The molecule has 0 aliphatic carbocycles. The maximum atomic E-state index is 12.4. The molecule has 21 heavy (non-hydrogen) atoms. The number of hydrogen-bond acceptors (Lipinski definition) is 3. The van der Waals surface area contributed by atoms with Crippen LogP contribution in [0.2, 0.25) is 0 Å².